The molecule has 0 aliphatic carbocycles. The number of aromatic carboxylic acids is 1. The minimum atomic E-state index is -5.35. The fourth-order valence-electron chi connectivity index (χ4n) is 3.82. The number of rotatable bonds is 10. The number of benzene rings is 2. The highest BCUT2D eigenvalue weighted by Gasteiger charge is 2.46. The van der Waals surface area contributed by atoms with Gasteiger partial charge in [-0.15, -0.1) is 0 Å². The third kappa shape index (κ3) is 8.44. The summed E-state index contributed by atoms with van der Waals surface area (Å²) < 4.78 is 44.2. The van der Waals surface area contributed by atoms with Crippen molar-refractivity contribution in [3.05, 3.63) is 104 Å². The Labute approximate surface area is 241 Å². The van der Waals surface area contributed by atoms with Gasteiger partial charge in [-0.25, -0.2) is 18.7 Å². The maximum atomic E-state index is 12.5. The molecule has 43 heavy (non-hydrogen) atoms. The maximum absolute atomic E-state index is 12.5. The van der Waals surface area contributed by atoms with E-state index in [1.54, 1.807) is 30.3 Å². The molecular weight excluding hydrogens is 614 g/mol. The van der Waals surface area contributed by atoms with Gasteiger partial charge in [-0.2, -0.15) is 4.31 Å². The standard InChI is InChI=1S/C25H24N2O14P2/c28-20-19(14-39-43(36,37)41-42(34,35)38-13-16-7-4-8-17(11-16)24(31)32)40-23(21(20)29)27-12-18(22(30)26-25(27)33)10-9-15-5-2-1-3-6-15/h1-8,11-12,19-21,23,28-29H,13-14H2,(H,31,32)(H,34,35)(H,36,37)(H,26,30,33). The molecule has 1 aliphatic rings. The summed E-state index contributed by atoms with van der Waals surface area (Å²) in [6, 6.07) is 13.7. The Morgan fingerprint density at radius 1 is 0.977 bits per heavy atom. The lowest BCUT2D eigenvalue weighted by Gasteiger charge is -2.19. The van der Waals surface area contributed by atoms with Crippen LogP contribution in [-0.4, -0.2) is 65.5 Å². The van der Waals surface area contributed by atoms with Gasteiger partial charge in [0.2, 0.25) is 0 Å². The van der Waals surface area contributed by atoms with Gasteiger partial charge in [0.15, 0.2) is 6.23 Å². The highest BCUT2D eigenvalue weighted by Crippen LogP contribution is 2.60. The molecule has 18 heteroatoms. The molecule has 1 aliphatic heterocycles. The molecule has 3 aromatic rings. The highest BCUT2D eigenvalue weighted by atomic mass is 31.3. The van der Waals surface area contributed by atoms with Crippen molar-refractivity contribution in [3.63, 3.8) is 0 Å². The van der Waals surface area contributed by atoms with Crippen molar-refractivity contribution in [2.24, 2.45) is 0 Å². The van der Waals surface area contributed by atoms with E-state index in [0.29, 0.717) is 5.56 Å². The van der Waals surface area contributed by atoms with Gasteiger partial charge < -0.3 is 29.8 Å². The van der Waals surface area contributed by atoms with Crippen molar-refractivity contribution in [3.8, 4) is 11.8 Å². The first-order chi connectivity index (χ1) is 20.2. The number of nitrogens with zero attached hydrogens (tertiary/aromatic N) is 1. The Kier molecular flexibility index (Phi) is 9.96. The zero-order chi connectivity index (χ0) is 31.4. The van der Waals surface area contributed by atoms with Gasteiger partial charge in [0.05, 0.1) is 18.8 Å². The zero-order valence-corrected chi connectivity index (χ0v) is 23.5. The predicted molar refractivity (Wildman–Crippen MR) is 145 cm³/mol. The highest BCUT2D eigenvalue weighted by molar-refractivity contribution is 7.61. The Hall–Kier alpha value is -3.71. The summed E-state index contributed by atoms with van der Waals surface area (Å²) in [7, 11) is -10.6. The first kappa shape index (κ1) is 32.2. The van der Waals surface area contributed by atoms with Crippen LogP contribution in [0.5, 0.6) is 0 Å². The molecule has 16 nitrogen and oxygen atoms in total. The van der Waals surface area contributed by atoms with Crippen LogP contribution >= 0.6 is 15.6 Å². The molecule has 6 N–H and O–H groups in total. The number of phosphoric ester groups is 2. The number of aliphatic hydroxyl groups excluding tert-OH is 2. The van der Waals surface area contributed by atoms with Crippen molar-refractivity contribution in [1.82, 2.24) is 9.55 Å². The van der Waals surface area contributed by atoms with Crippen molar-refractivity contribution < 1.29 is 57.1 Å². The molecule has 0 radical (unpaired) electrons. The Balaban J connectivity index is 1.40. The lowest BCUT2D eigenvalue weighted by molar-refractivity contribution is -0.0543. The average Bonchev–Trinajstić information content (AvgIpc) is 3.23. The first-order valence-corrected chi connectivity index (χ1v) is 15.2. The van der Waals surface area contributed by atoms with Gasteiger partial charge in [0, 0.05) is 11.8 Å². The largest absolute Gasteiger partial charge is 0.481 e. The molecule has 0 spiro atoms. The van der Waals surface area contributed by atoms with Crippen molar-refractivity contribution in [1.29, 1.82) is 0 Å². The molecule has 2 heterocycles. The SMILES string of the molecule is O=C(O)c1cccc(COP(=O)(O)OP(=O)(O)OCC2OC(n3cc(C#Cc4ccccc4)c(=O)[nH]c3=O)C(O)C2O)c1. The number of phosphoric acid groups is 2. The van der Waals surface area contributed by atoms with E-state index >= 15 is 0 Å². The van der Waals surface area contributed by atoms with E-state index in [-0.39, 0.29) is 16.7 Å². The second-order valence-electron chi connectivity index (χ2n) is 8.97. The van der Waals surface area contributed by atoms with E-state index in [1.165, 1.54) is 18.2 Å². The van der Waals surface area contributed by atoms with Crippen LogP contribution in [0.2, 0.25) is 0 Å². The summed E-state index contributed by atoms with van der Waals surface area (Å²) in [6.07, 6.45) is -5.73. The van der Waals surface area contributed by atoms with Gasteiger partial charge in [0.1, 0.15) is 23.9 Å². The smallest absolute Gasteiger partial charge is 0.478 e. The third-order valence-electron chi connectivity index (χ3n) is 5.87. The van der Waals surface area contributed by atoms with Crippen LogP contribution in [0, 0.1) is 11.8 Å². The number of aliphatic hydroxyl groups is 2. The Bertz CT molecular complexity index is 1760. The van der Waals surface area contributed by atoms with E-state index in [1.807, 2.05) is 4.98 Å². The second kappa shape index (κ2) is 13.3. The number of hydrogen-bond donors (Lipinski definition) is 6. The number of H-pyrrole nitrogens is 1. The summed E-state index contributed by atoms with van der Waals surface area (Å²) in [6.45, 7) is -1.64. The molecule has 1 saturated heterocycles. The number of nitrogens with one attached hydrogen (secondary N) is 1. The first-order valence-electron chi connectivity index (χ1n) is 12.2. The second-order valence-corrected chi connectivity index (χ2v) is 12.0. The number of hydrogen-bond acceptors (Lipinski definition) is 11. The molecule has 0 amide bonds. The van der Waals surface area contributed by atoms with Gasteiger partial charge in [-0.05, 0) is 29.8 Å². The topological polar surface area (TPSA) is 244 Å². The van der Waals surface area contributed by atoms with E-state index in [4.69, 9.17) is 9.84 Å². The Morgan fingerprint density at radius 2 is 1.67 bits per heavy atom. The van der Waals surface area contributed by atoms with Crippen LogP contribution in [0.4, 0.5) is 0 Å². The predicted octanol–water partition coefficient (Wildman–Crippen LogP) is 0.705. The lowest BCUT2D eigenvalue weighted by Crippen LogP contribution is -2.38. The van der Waals surface area contributed by atoms with Gasteiger partial charge in [-0.1, -0.05) is 42.2 Å². The van der Waals surface area contributed by atoms with E-state index in [2.05, 4.69) is 25.2 Å². The third-order valence-corrected chi connectivity index (χ3v) is 8.45. The van der Waals surface area contributed by atoms with Crippen LogP contribution in [0.3, 0.4) is 0 Å². The van der Waals surface area contributed by atoms with E-state index < -0.39 is 70.6 Å². The summed E-state index contributed by atoms with van der Waals surface area (Å²) in [4.78, 5) is 57.5. The number of carboxylic acids is 1. The van der Waals surface area contributed by atoms with Gasteiger partial charge >= 0.3 is 27.3 Å². The molecule has 6 unspecified atom stereocenters. The van der Waals surface area contributed by atoms with Crippen LogP contribution < -0.4 is 11.2 Å². The van der Waals surface area contributed by atoms with E-state index in [9.17, 15) is 43.5 Å². The molecule has 228 valence electrons. The monoisotopic (exact) mass is 638 g/mol. The quantitative estimate of drug-likeness (QED) is 0.132. The van der Waals surface area contributed by atoms with Crippen LogP contribution in [0.1, 0.15) is 33.3 Å². The molecule has 1 aromatic heterocycles. The summed E-state index contributed by atoms with van der Waals surface area (Å²) in [5.41, 5.74) is -1.43. The van der Waals surface area contributed by atoms with E-state index in [0.717, 1.165) is 16.8 Å². The number of ether oxygens (including phenoxy) is 1. The van der Waals surface area contributed by atoms with Gasteiger partial charge in [-0.3, -0.25) is 23.4 Å². The number of aromatic nitrogens is 2. The van der Waals surface area contributed by atoms with Crippen molar-refractivity contribution >= 4 is 21.6 Å². The Morgan fingerprint density at radius 3 is 2.37 bits per heavy atom. The maximum Gasteiger partial charge on any atom is 0.481 e. The molecule has 6 atom stereocenters. The molecule has 1 fully saturated rings. The lowest BCUT2D eigenvalue weighted by atomic mass is 10.1. The molecule has 0 bridgehead atoms. The summed E-state index contributed by atoms with van der Waals surface area (Å²) in [5.74, 6) is 4.08. The fourth-order valence-corrected chi connectivity index (χ4v) is 5.88. The zero-order valence-electron chi connectivity index (χ0n) is 21.7. The number of carbonyl (C=O) groups is 1. The van der Waals surface area contributed by atoms with Gasteiger partial charge in [0.25, 0.3) is 5.56 Å². The normalized spacial score (nSPS) is 22.6. The fraction of sp³-hybridized carbons (Fsp3) is 0.240. The van der Waals surface area contributed by atoms with Crippen molar-refractivity contribution in [2.45, 2.75) is 31.1 Å². The van der Waals surface area contributed by atoms with Crippen LogP contribution in [-0.2, 0) is 33.8 Å². The van der Waals surface area contributed by atoms with Crippen LogP contribution in [0.15, 0.2) is 70.4 Å². The molecule has 0 saturated carbocycles. The average molecular weight is 638 g/mol. The minimum Gasteiger partial charge on any atom is -0.478 e. The molecule has 2 aromatic carbocycles. The van der Waals surface area contributed by atoms with Crippen LogP contribution in [0.25, 0.3) is 0 Å². The number of aromatic amines is 1. The van der Waals surface area contributed by atoms with Crippen molar-refractivity contribution in [2.75, 3.05) is 6.61 Å². The summed E-state index contributed by atoms with van der Waals surface area (Å²) in [5, 5.41) is 29.9. The minimum absolute atomic E-state index is 0.137. The number of carboxylic acid groups (broad SMARTS) is 1. The molecule has 4 rings (SSSR count). The molecular formula is C25H24N2O14P2. The summed E-state index contributed by atoms with van der Waals surface area (Å²) >= 11 is 0.